The smallest absolute Gasteiger partial charge is 0.126 e. The van der Waals surface area contributed by atoms with Crippen LogP contribution in [-0.4, -0.2) is 4.98 Å². The summed E-state index contributed by atoms with van der Waals surface area (Å²) < 4.78 is 13.2. The molecular formula is C12H14FN3S. The Morgan fingerprint density at radius 2 is 2.18 bits per heavy atom. The standard InChI is InChI=1S/C12H14FN3S/c1-7-5-9(3-4-10(7)13)12(16-14)11-6-17-8(2)15-11/h3-6,12,16H,14H2,1-2H3. The maximum atomic E-state index is 13.2. The Morgan fingerprint density at radius 1 is 1.41 bits per heavy atom. The molecule has 1 heterocycles. The van der Waals surface area contributed by atoms with Crippen LogP contribution < -0.4 is 11.3 Å². The number of rotatable bonds is 3. The van der Waals surface area contributed by atoms with Crippen LogP contribution in [0.1, 0.15) is 27.9 Å². The van der Waals surface area contributed by atoms with E-state index in [2.05, 4.69) is 10.4 Å². The Hall–Kier alpha value is -1.30. The van der Waals surface area contributed by atoms with Crippen LogP contribution in [0.25, 0.3) is 0 Å². The molecule has 0 aliphatic carbocycles. The zero-order valence-corrected chi connectivity index (χ0v) is 10.5. The second kappa shape index (κ2) is 4.91. The summed E-state index contributed by atoms with van der Waals surface area (Å²) in [7, 11) is 0. The highest BCUT2D eigenvalue weighted by molar-refractivity contribution is 7.09. The van der Waals surface area contributed by atoms with Crippen molar-refractivity contribution in [3.8, 4) is 0 Å². The first-order chi connectivity index (χ1) is 8.11. The Labute approximate surface area is 103 Å². The zero-order valence-electron chi connectivity index (χ0n) is 9.70. The lowest BCUT2D eigenvalue weighted by molar-refractivity contribution is 0.603. The number of aryl methyl sites for hydroxylation is 2. The summed E-state index contributed by atoms with van der Waals surface area (Å²) in [6.45, 7) is 3.68. The molecule has 1 atom stereocenters. The van der Waals surface area contributed by atoms with Gasteiger partial charge in [0.2, 0.25) is 0 Å². The second-order valence-electron chi connectivity index (χ2n) is 3.90. The molecule has 3 N–H and O–H groups in total. The average Bonchev–Trinajstić information content (AvgIpc) is 2.71. The van der Waals surface area contributed by atoms with E-state index in [4.69, 9.17) is 5.84 Å². The van der Waals surface area contributed by atoms with Crippen molar-refractivity contribution in [2.75, 3.05) is 0 Å². The van der Waals surface area contributed by atoms with Gasteiger partial charge in [-0.05, 0) is 31.0 Å². The molecule has 0 aliphatic heterocycles. The summed E-state index contributed by atoms with van der Waals surface area (Å²) in [6, 6.07) is 4.77. The van der Waals surface area contributed by atoms with E-state index in [-0.39, 0.29) is 11.9 Å². The minimum Gasteiger partial charge on any atom is -0.271 e. The molecule has 90 valence electrons. The van der Waals surface area contributed by atoms with Crippen molar-refractivity contribution in [3.05, 3.63) is 51.2 Å². The van der Waals surface area contributed by atoms with Gasteiger partial charge in [-0.1, -0.05) is 12.1 Å². The highest BCUT2D eigenvalue weighted by Gasteiger charge is 2.16. The molecule has 0 saturated heterocycles. The van der Waals surface area contributed by atoms with E-state index in [0.717, 1.165) is 16.3 Å². The van der Waals surface area contributed by atoms with E-state index >= 15 is 0 Å². The Kier molecular flexibility index (Phi) is 3.51. The predicted molar refractivity (Wildman–Crippen MR) is 67.2 cm³/mol. The van der Waals surface area contributed by atoms with Crippen LogP contribution in [0.5, 0.6) is 0 Å². The van der Waals surface area contributed by atoms with Crippen molar-refractivity contribution >= 4 is 11.3 Å². The summed E-state index contributed by atoms with van der Waals surface area (Å²) in [5, 5.41) is 2.94. The summed E-state index contributed by atoms with van der Waals surface area (Å²) in [5.74, 6) is 5.35. The Morgan fingerprint density at radius 3 is 2.71 bits per heavy atom. The van der Waals surface area contributed by atoms with Crippen molar-refractivity contribution in [2.24, 2.45) is 5.84 Å². The average molecular weight is 251 g/mol. The molecule has 17 heavy (non-hydrogen) atoms. The van der Waals surface area contributed by atoms with Crippen molar-refractivity contribution in [1.82, 2.24) is 10.4 Å². The minimum absolute atomic E-state index is 0.195. The van der Waals surface area contributed by atoms with E-state index in [0.29, 0.717) is 5.56 Å². The first kappa shape index (κ1) is 12.2. The van der Waals surface area contributed by atoms with E-state index in [1.807, 2.05) is 12.3 Å². The Bertz CT molecular complexity index is 524. The van der Waals surface area contributed by atoms with Crippen molar-refractivity contribution in [1.29, 1.82) is 0 Å². The van der Waals surface area contributed by atoms with Crippen LogP contribution in [-0.2, 0) is 0 Å². The number of nitrogens with zero attached hydrogens (tertiary/aromatic N) is 1. The molecule has 1 unspecified atom stereocenters. The van der Waals surface area contributed by atoms with Crippen LogP contribution in [0.4, 0.5) is 4.39 Å². The maximum Gasteiger partial charge on any atom is 0.126 e. The quantitative estimate of drug-likeness (QED) is 0.651. The number of thiazole rings is 1. The lowest BCUT2D eigenvalue weighted by atomic mass is 10.0. The van der Waals surface area contributed by atoms with Gasteiger partial charge in [0.1, 0.15) is 5.82 Å². The molecule has 0 bridgehead atoms. The molecule has 0 spiro atoms. The van der Waals surface area contributed by atoms with Gasteiger partial charge in [-0.15, -0.1) is 11.3 Å². The molecule has 0 saturated carbocycles. The number of aromatic nitrogens is 1. The summed E-state index contributed by atoms with van der Waals surface area (Å²) >= 11 is 1.57. The molecule has 0 amide bonds. The van der Waals surface area contributed by atoms with E-state index in [1.54, 1.807) is 30.4 Å². The van der Waals surface area contributed by atoms with Crippen LogP contribution >= 0.6 is 11.3 Å². The third-order valence-corrected chi connectivity index (χ3v) is 3.41. The molecule has 1 aromatic heterocycles. The normalized spacial score (nSPS) is 12.7. The van der Waals surface area contributed by atoms with E-state index < -0.39 is 0 Å². The fourth-order valence-electron chi connectivity index (χ4n) is 1.71. The topological polar surface area (TPSA) is 50.9 Å². The molecule has 1 aromatic carbocycles. The zero-order chi connectivity index (χ0) is 12.4. The van der Waals surface area contributed by atoms with Crippen molar-refractivity contribution in [2.45, 2.75) is 19.9 Å². The summed E-state index contributed by atoms with van der Waals surface area (Å²) in [6.07, 6.45) is 0. The highest BCUT2D eigenvalue weighted by Crippen LogP contribution is 2.24. The van der Waals surface area contributed by atoms with Gasteiger partial charge in [-0.25, -0.2) is 14.8 Å². The van der Waals surface area contributed by atoms with Crippen LogP contribution in [0, 0.1) is 19.7 Å². The third kappa shape index (κ3) is 2.52. The molecule has 0 radical (unpaired) electrons. The molecular weight excluding hydrogens is 237 g/mol. The number of halogens is 1. The number of benzene rings is 1. The number of hydrogen-bond acceptors (Lipinski definition) is 4. The number of nitrogens with one attached hydrogen (secondary N) is 1. The first-order valence-electron chi connectivity index (χ1n) is 5.26. The molecule has 5 heteroatoms. The van der Waals surface area contributed by atoms with E-state index in [1.165, 1.54) is 6.07 Å². The van der Waals surface area contributed by atoms with Gasteiger partial charge in [-0.2, -0.15) is 0 Å². The summed E-state index contributed by atoms with van der Waals surface area (Å²) in [5.41, 5.74) is 5.10. The third-order valence-electron chi connectivity index (χ3n) is 2.61. The first-order valence-corrected chi connectivity index (χ1v) is 6.14. The number of hydrogen-bond donors (Lipinski definition) is 2. The largest absolute Gasteiger partial charge is 0.271 e. The molecule has 3 nitrogen and oxygen atoms in total. The monoisotopic (exact) mass is 251 g/mol. The molecule has 2 rings (SSSR count). The fourth-order valence-corrected chi connectivity index (χ4v) is 2.35. The minimum atomic E-state index is -0.209. The van der Waals surface area contributed by atoms with Gasteiger partial charge < -0.3 is 0 Å². The Balaban J connectivity index is 2.38. The van der Waals surface area contributed by atoms with Crippen molar-refractivity contribution < 1.29 is 4.39 Å². The van der Waals surface area contributed by atoms with Gasteiger partial charge >= 0.3 is 0 Å². The predicted octanol–water partition coefficient (Wildman–Crippen LogP) is 2.45. The molecule has 2 aromatic rings. The number of nitrogens with two attached hydrogens (primary N) is 1. The molecule has 0 aliphatic rings. The van der Waals surface area contributed by atoms with Crippen LogP contribution in [0.3, 0.4) is 0 Å². The van der Waals surface area contributed by atoms with Gasteiger partial charge in [0.05, 0.1) is 16.7 Å². The van der Waals surface area contributed by atoms with Gasteiger partial charge in [0.25, 0.3) is 0 Å². The number of hydrazine groups is 1. The maximum absolute atomic E-state index is 13.2. The molecule has 0 fully saturated rings. The summed E-state index contributed by atoms with van der Waals surface area (Å²) in [4.78, 5) is 4.39. The van der Waals surface area contributed by atoms with E-state index in [9.17, 15) is 4.39 Å². The lowest BCUT2D eigenvalue weighted by Gasteiger charge is -2.14. The lowest BCUT2D eigenvalue weighted by Crippen LogP contribution is -2.29. The van der Waals surface area contributed by atoms with Crippen LogP contribution in [0.2, 0.25) is 0 Å². The van der Waals surface area contributed by atoms with Gasteiger partial charge in [0.15, 0.2) is 0 Å². The van der Waals surface area contributed by atoms with Crippen molar-refractivity contribution in [3.63, 3.8) is 0 Å². The fraction of sp³-hybridized carbons (Fsp3) is 0.250. The highest BCUT2D eigenvalue weighted by atomic mass is 32.1. The van der Waals surface area contributed by atoms with Crippen LogP contribution in [0.15, 0.2) is 23.6 Å². The SMILES string of the molecule is Cc1nc(C(NN)c2ccc(F)c(C)c2)cs1. The van der Waals surface area contributed by atoms with Gasteiger partial charge in [-0.3, -0.25) is 5.84 Å². The van der Waals surface area contributed by atoms with Gasteiger partial charge in [0, 0.05) is 5.38 Å². The second-order valence-corrected chi connectivity index (χ2v) is 4.96.